The molecule has 2 nitrogen and oxygen atoms in total. The molecule has 3 heteroatoms. The van der Waals surface area contributed by atoms with Crippen LogP contribution in [0.4, 0.5) is 0 Å². The van der Waals surface area contributed by atoms with Crippen molar-refractivity contribution in [3.63, 3.8) is 0 Å². The van der Waals surface area contributed by atoms with E-state index in [1.807, 2.05) is 30.8 Å². The molecule has 0 spiro atoms. The molecule has 2 rings (SSSR count). The lowest BCUT2D eigenvalue weighted by atomic mass is 10.0. The van der Waals surface area contributed by atoms with Gasteiger partial charge in [0.2, 0.25) is 0 Å². The molecule has 0 aromatic carbocycles. The summed E-state index contributed by atoms with van der Waals surface area (Å²) in [7, 11) is 0. The van der Waals surface area contributed by atoms with Crippen LogP contribution in [-0.2, 0) is 0 Å². The minimum Gasteiger partial charge on any atom is -0.245 e. The predicted molar refractivity (Wildman–Crippen MR) is 66.4 cm³/mol. The van der Waals surface area contributed by atoms with Gasteiger partial charge in [-0.1, -0.05) is 19.3 Å². The molecule has 0 unspecified atom stereocenters. The lowest BCUT2D eigenvalue weighted by molar-refractivity contribution is 0.515. The van der Waals surface area contributed by atoms with E-state index in [2.05, 4.69) is 11.1 Å². The Balaban J connectivity index is 2.04. The summed E-state index contributed by atoms with van der Waals surface area (Å²) in [4.78, 5) is 4.48. The summed E-state index contributed by atoms with van der Waals surface area (Å²) in [6.07, 6.45) is 6.72. The predicted octanol–water partition coefficient (Wildman–Crippen LogP) is 3.69. The summed E-state index contributed by atoms with van der Waals surface area (Å²) in [6.45, 7) is 1.91. The number of hydrogen-bond acceptors (Lipinski definition) is 3. The van der Waals surface area contributed by atoms with Crippen molar-refractivity contribution in [1.82, 2.24) is 4.98 Å². The zero-order valence-electron chi connectivity index (χ0n) is 9.57. The number of nitrogens with zero attached hydrogens (tertiary/aromatic N) is 2. The molecule has 1 heterocycles. The van der Waals surface area contributed by atoms with Gasteiger partial charge in [0.1, 0.15) is 6.07 Å². The van der Waals surface area contributed by atoms with Gasteiger partial charge >= 0.3 is 0 Å². The highest BCUT2D eigenvalue weighted by Gasteiger charge is 2.15. The van der Waals surface area contributed by atoms with Crippen LogP contribution in [0.15, 0.2) is 17.2 Å². The molecular formula is C13H16N2S. The summed E-state index contributed by atoms with van der Waals surface area (Å²) >= 11 is 1.88. The summed E-state index contributed by atoms with van der Waals surface area (Å²) in [5.74, 6) is 0. The number of hydrogen-bond donors (Lipinski definition) is 0. The maximum atomic E-state index is 8.83. The smallest absolute Gasteiger partial charge is 0.101 e. The minimum absolute atomic E-state index is 0.688. The highest BCUT2D eigenvalue weighted by atomic mass is 32.2. The fourth-order valence-electron chi connectivity index (χ4n) is 2.08. The van der Waals surface area contributed by atoms with Crippen LogP contribution in [0.2, 0.25) is 0 Å². The van der Waals surface area contributed by atoms with Gasteiger partial charge < -0.3 is 0 Å². The van der Waals surface area contributed by atoms with Crippen molar-refractivity contribution in [3.8, 4) is 6.07 Å². The Morgan fingerprint density at radius 1 is 1.31 bits per heavy atom. The fraction of sp³-hybridized carbons (Fsp3) is 0.538. The fourth-order valence-corrected chi connectivity index (χ4v) is 3.32. The molecule has 16 heavy (non-hydrogen) atoms. The first-order valence-corrected chi connectivity index (χ1v) is 6.72. The Morgan fingerprint density at radius 2 is 2.06 bits per heavy atom. The lowest BCUT2D eigenvalue weighted by Crippen LogP contribution is -2.08. The van der Waals surface area contributed by atoms with Gasteiger partial charge in [-0.05, 0) is 31.9 Å². The van der Waals surface area contributed by atoms with E-state index in [1.165, 1.54) is 32.1 Å². The Morgan fingerprint density at radius 3 is 2.69 bits per heavy atom. The number of rotatable bonds is 2. The second-order valence-electron chi connectivity index (χ2n) is 4.27. The highest BCUT2D eigenvalue weighted by Crippen LogP contribution is 2.32. The normalized spacial score (nSPS) is 17.0. The molecule has 0 saturated heterocycles. The van der Waals surface area contributed by atoms with Gasteiger partial charge in [-0.25, -0.2) is 4.98 Å². The maximum absolute atomic E-state index is 8.83. The standard InChI is InChI=1S/C13H16N2S/c1-10-11(9-14)7-8-13(15-10)16-12-5-3-2-4-6-12/h7-8,12H,2-6H2,1H3. The topological polar surface area (TPSA) is 36.7 Å². The molecule has 1 fully saturated rings. The molecular weight excluding hydrogens is 216 g/mol. The molecule has 84 valence electrons. The first-order valence-electron chi connectivity index (χ1n) is 5.84. The third-order valence-electron chi connectivity index (χ3n) is 3.02. The van der Waals surface area contributed by atoms with Crippen molar-refractivity contribution in [2.24, 2.45) is 0 Å². The molecule has 0 radical (unpaired) electrons. The van der Waals surface area contributed by atoms with Gasteiger partial charge in [-0.15, -0.1) is 11.8 Å². The molecule has 1 aromatic heterocycles. The number of nitriles is 1. The van der Waals surface area contributed by atoms with E-state index in [1.54, 1.807) is 0 Å². The number of pyridine rings is 1. The van der Waals surface area contributed by atoms with E-state index >= 15 is 0 Å². The molecule has 0 amide bonds. The SMILES string of the molecule is Cc1nc(SC2CCCCC2)ccc1C#N. The summed E-state index contributed by atoms with van der Waals surface area (Å²) in [5.41, 5.74) is 1.54. The average molecular weight is 232 g/mol. The molecule has 1 saturated carbocycles. The third-order valence-corrected chi connectivity index (χ3v) is 4.29. The van der Waals surface area contributed by atoms with Crippen molar-refractivity contribution >= 4 is 11.8 Å². The molecule has 1 aliphatic carbocycles. The van der Waals surface area contributed by atoms with Crippen molar-refractivity contribution in [2.45, 2.75) is 49.3 Å². The minimum atomic E-state index is 0.688. The number of aromatic nitrogens is 1. The Labute approximate surface area is 101 Å². The van der Waals surface area contributed by atoms with Crippen molar-refractivity contribution in [1.29, 1.82) is 5.26 Å². The van der Waals surface area contributed by atoms with Crippen LogP contribution in [0, 0.1) is 18.3 Å². The van der Waals surface area contributed by atoms with Gasteiger partial charge in [-0.2, -0.15) is 5.26 Å². The van der Waals surface area contributed by atoms with E-state index in [0.717, 1.165) is 16.0 Å². The van der Waals surface area contributed by atoms with Crippen LogP contribution in [0.5, 0.6) is 0 Å². The molecule has 0 aliphatic heterocycles. The molecule has 0 bridgehead atoms. The first kappa shape index (κ1) is 11.5. The quantitative estimate of drug-likeness (QED) is 0.780. The monoisotopic (exact) mass is 232 g/mol. The lowest BCUT2D eigenvalue weighted by Gasteiger charge is -2.20. The van der Waals surface area contributed by atoms with E-state index in [9.17, 15) is 0 Å². The van der Waals surface area contributed by atoms with Crippen molar-refractivity contribution in [3.05, 3.63) is 23.4 Å². The maximum Gasteiger partial charge on any atom is 0.101 e. The second-order valence-corrected chi connectivity index (χ2v) is 5.59. The Hall–Kier alpha value is -1.01. The van der Waals surface area contributed by atoms with Gasteiger partial charge in [-0.3, -0.25) is 0 Å². The van der Waals surface area contributed by atoms with E-state index in [-0.39, 0.29) is 0 Å². The molecule has 0 N–H and O–H groups in total. The van der Waals surface area contributed by atoms with Crippen LogP contribution >= 0.6 is 11.8 Å². The van der Waals surface area contributed by atoms with Gasteiger partial charge in [0.15, 0.2) is 0 Å². The number of aryl methyl sites for hydroxylation is 1. The van der Waals surface area contributed by atoms with Gasteiger partial charge in [0, 0.05) is 5.25 Å². The molecule has 1 aromatic rings. The Bertz CT molecular complexity index is 403. The summed E-state index contributed by atoms with van der Waals surface area (Å²) in [6, 6.07) is 6.01. The van der Waals surface area contributed by atoms with Crippen LogP contribution in [0.3, 0.4) is 0 Å². The third kappa shape index (κ3) is 2.76. The second kappa shape index (κ2) is 5.36. The van der Waals surface area contributed by atoms with Gasteiger partial charge in [0.05, 0.1) is 16.3 Å². The van der Waals surface area contributed by atoms with Gasteiger partial charge in [0.25, 0.3) is 0 Å². The highest BCUT2D eigenvalue weighted by molar-refractivity contribution is 7.99. The van der Waals surface area contributed by atoms with Crippen LogP contribution < -0.4 is 0 Å². The largest absolute Gasteiger partial charge is 0.245 e. The van der Waals surface area contributed by atoms with Crippen LogP contribution in [-0.4, -0.2) is 10.2 Å². The molecule has 0 atom stereocenters. The zero-order chi connectivity index (χ0) is 11.4. The zero-order valence-corrected chi connectivity index (χ0v) is 10.4. The Kier molecular flexibility index (Phi) is 3.84. The molecule has 1 aliphatic rings. The first-order chi connectivity index (χ1) is 7.79. The van der Waals surface area contributed by atoms with E-state index in [0.29, 0.717) is 5.56 Å². The van der Waals surface area contributed by atoms with Crippen LogP contribution in [0.25, 0.3) is 0 Å². The summed E-state index contributed by atoms with van der Waals surface area (Å²) in [5, 5.41) is 10.6. The summed E-state index contributed by atoms with van der Waals surface area (Å²) < 4.78 is 0. The number of thioether (sulfide) groups is 1. The van der Waals surface area contributed by atoms with E-state index in [4.69, 9.17) is 5.26 Å². The van der Waals surface area contributed by atoms with Crippen molar-refractivity contribution < 1.29 is 0 Å². The van der Waals surface area contributed by atoms with E-state index < -0.39 is 0 Å². The average Bonchev–Trinajstić information content (AvgIpc) is 2.31. The van der Waals surface area contributed by atoms with Crippen molar-refractivity contribution in [2.75, 3.05) is 0 Å². The van der Waals surface area contributed by atoms with Crippen LogP contribution in [0.1, 0.15) is 43.4 Å².